The van der Waals surface area contributed by atoms with Crippen LogP contribution in [0.25, 0.3) is 0 Å². The van der Waals surface area contributed by atoms with Crippen LogP contribution in [0.15, 0.2) is 41.8 Å². The second-order valence-electron chi connectivity index (χ2n) is 8.22. The molecule has 3 heterocycles. The third-order valence-corrected chi connectivity index (χ3v) is 6.88. The summed E-state index contributed by atoms with van der Waals surface area (Å²) in [5.41, 5.74) is 0.818. The van der Waals surface area contributed by atoms with Crippen molar-refractivity contribution in [3.8, 4) is 0 Å². The van der Waals surface area contributed by atoms with Crippen molar-refractivity contribution >= 4 is 11.3 Å². The van der Waals surface area contributed by atoms with Crippen LogP contribution in [0, 0.1) is 11.7 Å². The second-order valence-corrected chi connectivity index (χ2v) is 9.25. The summed E-state index contributed by atoms with van der Waals surface area (Å²) in [4.78, 5) is 6.45. The maximum Gasteiger partial charge on any atom is 0.127 e. The number of likely N-dealkylation sites (tertiary alicyclic amines) is 1. The molecule has 0 bridgehead atoms. The Morgan fingerprint density at radius 1 is 1.07 bits per heavy atom. The Kier molecular flexibility index (Phi) is 7.13. The lowest BCUT2D eigenvalue weighted by Crippen LogP contribution is -2.40. The minimum atomic E-state index is -0.0803. The third-order valence-electron chi connectivity index (χ3n) is 6.02. The highest BCUT2D eigenvalue weighted by atomic mass is 32.1. The van der Waals surface area contributed by atoms with E-state index in [1.54, 1.807) is 12.1 Å². The summed E-state index contributed by atoms with van der Waals surface area (Å²) in [5.74, 6) is 0.640. The van der Waals surface area contributed by atoms with Crippen molar-refractivity contribution in [1.29, 1.82) is 0 Å². The van der Waals surface area contributed by atoms with Crippen LogP contribution in [0.1, 0.15) is 36.1 Å². The molecule has 2 fully saturated rings. The van der Waals surface area contributed by atoms with Crippen molar-refractivity contribution < 1.29 is 9.13 Å². The molecule has 4 rings (SSSR count). The Morgan fingerprint density at radius 2 is 1.93 bits per heavy atom. The van der Waals surface area contributed by atoms with Crippen LogP contribution in [-0.2, 0) is 17.8 Å². The fourth-order valence-electron chi connectivity index (χ4n) is 4.46. The Hall–Kier alpha value is -1.27. The fourth-order valence-corrected chi connectivity index (χ4v) is 5.21. The molecule has 2 aromatic rings. The Bertz CT molecular complexity index is 709. The molecular formula is C23H31FN2OS. The number of nitrogens with zero attached hydrogens (tertiary/aromatic N) is 2. The molecule has 2 aliphatic rings. The normalized spacial score (nSPS) is 21.6. The van der Waals surface area contributed by atoms with Gasteiger partial charge in [-0.1, -0.05) is 24.3 Å². The van der Waals surface area contributed by atoms with Gasteiger partial charge in [-0.3, -0.25) is 9.80 Å². The molecule has 5 heteroatoms. The lowest BCUT2D eigenvalue weighted by atomic mass is 9.95. The Balaban J connectivity index is 1.28. The van der Waals surface area contributed by atoms with Gasteiger partial charge >= 0.3 is 0 Å². The highest BCUT2D eigenvalue weighted by molar-refractivity contribution is 7.09. The number of thiophene rings is 1. The van der Waals surface area contributed by atoms with Crippen LogP contribution in [0.3, 0.4) is 0 Å². The van der Waals surface area contributed by atoms with Gasteiger partial charge in [0.1, 0.15) is 5.82 Å². The number of piperidine rings is 1. The summed E-state index contributed by atoms with van der Waals surface area (Å²) < 4.78 is 19.8. The van der Waals surface area contributed by atoms with E-state index in [-0.39, 0.29) is 5.82 Å². The minimum absolute atomic E-state index is 0.0803. The molecule has 28 heavy (non-hydrogen) atoms. The molecule has 1 atom stereocenters. The molecule has 152 valence electrons. The van der Waals surface area contributed by atoms with Gasteiger partial charge in [-0.05, 0) is 62.2 Å². The molecule has 0 amide bonds. The van der Waals surface area contributed by atoms with Crippen molar-refractivity contribution in [2.24, 2.45) is 5.92 Å². The van der Waals surface area contributed by atoms with Crippen molar-refractivity contribution in [2.75, 3.05) is 32.8 Å². The van der Waals surface area contributed by atoms with E-state index in [2.05, 4.69) is 27.3 Å². The van der Waals surface area contributed by atoms with E-state index in [1.807, 2.05) is 23.5 Å². The number of benzene rings is 1. The first-order chi connectivity index (χ1) is 13.8. The maximum atomic E-state index is 13.9. The smallest absolute Gasteiger partial charge is 0.127 e. The van der Waals surface area contributed by atoms with Crippen molar-refractivity contribution in [3.05, 3.63) is 58.0 Å². The lowest BCUT2D eigenvalue weighted by Gasteiger charge is -2.35. The Labute approximate surface area is 172 Å². The van der Waals surface area contributed by atoms with Crippen LogP contribution in [0.2, 0.25) is 0 Å². The van der Waals surface area contributed by atoms with E-state index in [0.717, 1.165) is 57.4 Å². The average molecular weight is 403 g/mol. The molecule has 0 saturated carbocycles. The average Bonchev–Trinajstić information content (AvgIpc) is 3.39. The van der Waals surface area contributed by atoms with Crippen LogP contribution < -0.4 is 0 Å². The monoisotopic (exact) mass is 402 g/mol. The predicted octanol–water partition coefficient (Wildman–Crippen LogP) is 4.78. The summed E-state index contributed by atoms with van der Waals surface area (Å²) in [6.45, 7) is 7.00. The molecular weight excluding hydrogens is 371 g/mol. The van der Waals surface area contributed by atoms with E-state index < -0.39 is 0 Å². The van der Waals surface area contributed by atoms with Gasteiger partial charge in [0, 0.05) is 43.2 Å². The summed E-state index contributed by atoms with van der Waals surface area (Å²) in [7, 11) is 0. The number of halogens is 1. The number of hydrogen-bond acceptors (Lipinski definition) is 4. The third kappa shape index (κ3) is 5.63. The summed E-state index contributed by atoms with van der Waals surface area (Å²) >= 11 is 1.85. The van der Waals surface area contributed by atoms with Crippen LogP contribution in [0.4, 0.5) is 4.39 Å². The summed E-state index contributed by atoms with van der Waals surface area (Å²) in [6.07, 6.45) is 5.19. The molecule has 0 spiro atoms. The predicted molar refractivity (Wildman–Crippen MR) is 113 cm³/mol. The molecule has 0 aliphatic carbocycles. The second kappa shape index (κ2) is 9.97. The largest absolute Gasteiger partial charge is 0.377 e. The SMILES string of the molecule is Fc1ccccc1CN1CCC(CN(Cc2cccs2)C[C@@H]2CCCO2)CC1. The van der Waals surface area contributed by atoms with Crippen LogP contribution >= 0.6 is 11.3 Å². The van der Waals surface area contributed by atoms with Gasteiger partial charge in [-0.2, -0.15) is 0 Å². The van der Waals surface area contributed by atoms with E-state index in [9.17, 15) is 4.39 Å². The zero-order chi connectivity index (χ0) is 19.2. The molecule has 0 radical (unpaired) electrons. The first kappa shape index (κ1) is 20.0. The summed E-state index contributed by atoms with van der Waals surface area (Å²) in [5, 5.41) is 2.17. The number of ether oxygens (including phenoxy) is 1. The van der Waals surface area contributed by atoms with Gasteiger partial charge in [0.05, 0.1) is 6.10 Å². The molecule has 0 unspecified atom stereocenters. The quantitative estimate of drug-likeness (QED) is 0.632. The lowest BCUT2D eigenvalue weighted by molar-refractivity contribution is 0.0573. The van der Waals surface area contributed by atoms with E-state index in [0.29, 0.717) is 6.10 Å². The van der Waals surface area contributed by atoms with Gasteiger partial charge in [0.15, 0.2) is 0 Å². The standard InChI is InChI=1S/C23H31FN2OS/c24-23-8-2-1-5-20(23)16-25-11-9-19(10-12-25)15-26(17-21-6-3-13-27-21)18-22-7-4-14-28-22/h1-2,4-5,7-8,14,19,21H,3,6,9-13,15-18H2/t21-/m0/s1. The van der Waals surface area contributed by atoms with Gasteiger partial charge < -0.3 is 4.74 Å². The van der Waals surface area contributed by atoms with Gasteiger partial charge in [0.25, 0.3) is 0 Å². The van der Waals surface area contributed by atoms with Gasteiger partial charge in [0.2, 0.25) is 0 Å². The number of hydrogen-bond donors (Lipinski definition) is 0. The number of rotatable bonds is 8. The topological polar surface area (TPSA) is 15.7 Å². The molecule has 2 saturated heterocycles. The van der Waals surface area contributed by atoms with Crippen molar-refractivity contribution in [3.63, 3.8) is 0 Å². The molecule has 1 aromatic heterocycles. The first-order valence-electron chi connectivity index (χ1n) is 10.6. The molecule has 2 aliphatic heterocycles. The molecule has 3 nitrogen and oxygen atoms in total. The van der Waals surface area contributed by atoms with Crippen LogP contribution in [-0.4, -0.2) is 48.7 Å². The molecule has 1 aromatic carbocycles. The first-order valence-corrected chi connectivity index (χ1v) is 11.5. The van der Waals surface area contributed by atoms with Gasteiger partial charge in [-0.15, -0.1) is 11.3 Å². The highest BCUT2D eigenvalue weighted by Gasteiger charge is 2.25. The van der Waals surface area contributed by atoms with Crippen molar-refractivity contribution in [2.45, 2.75) is 44.9 Å². The maximum absolute atomic E-state index is 13.9. The molecule has 0 N–H and O–H groups in total. The minimum Gasteiger partial charge on any atom is -0.377 e. The fraction of sp³-hybridized carbons (Fsp3) is 0.565. The van der Waals surface area contributed by atoms with E-state index >= 15 is 0 Å². The summed E-state index contributed by atoms with van der Waals surface area (Å²) in [6, 6.07) is 11.6. The zero-order valence-electron chi connectivity index (χ0n) is 16.6. The zero-order valence-corrected chi connectivity index (χ0v) is 17.4. The Morgan fingerprint density at radius 3 is 2.64 bits per heavy atom. The van der Waals surface area contributed by atoms with Crippen LogP contribution in [0.5, 0.6) is 0 Å². The van der Waals surface area contributed by atoms with Crippen molar-refractivity contribution in [1.82, 2.24) is 9.80 Å². The highest BCUT2D eigenvalue weighted by Crippen LogP contribution is 2.24. The van der Waals surface area contributed by atoms with Gasteiger partial charge in [-0.25, -0.2) is 4.39 Å². The van der Waals surface area contributed by atoms with E-state index in [1.165, 1.54) is 30.6 Å². The van der Waals surface area contributed by atoms with E-state index in [4.69, 9.17) is 4.74 Å².